The van der Waals surface area contributed by atoms with Crippen LogP contribution in [0.15, 0.2) is 42.6 Å². The van der Waals surface area contributed by atoms with E-state index in [1.807, 2.05) is 30.5 Å². The van der Waals surface area contributed by atoms with Crippen LogP contribution < -0.4 is 9.47 Å². The van der Waals surface area contributed by atoms with Crippen LogP contribution in [0.5, 0.6) is 11.5 Å². The summed E-state index contributed by atoms with van der Waals surface area (Å²) in [6.45, 7) is 5.49. The maximum absolute atomic E-state index is 12.1. The predicted octanol–water partition coefficient (Wildman–Crippen LogP) is 4.79. The van der Waals surface area contributed by atoms with Gasteiger partial charge in [-0.2, -0.15) is 0 Å². The number of hydrogen-bond acceptors (Lipinski definition) is 4. The van der Waals surface area contributed by atoms with Gasteiger partial charge in [0.15, 0.2) is 5.78 Å². The molecule has 0 radical (unpaired) electrons. The lowest BCUT2D eigenvalue weighted by Crippen LogP contribution is -2.31. The van der Waals surface area contributed by atoms with Crippen molar-refractivity contribution in [3.05, 3.63) is 59.4 Å². The van der Waals surface area contributed by atoms with Crippen LogP contribution in [0.2, 0.25) is 0 Å². The molecule has 0 unspecified atom stereocenters. The number of ether oxygens (including phenoxy) is 2. The first kappa shape index (κ1) is 20.6. The molecule has 166 valence electrons. The summed E-state index contributed by atoms with van der Waals surface area (Å²) in [4.78, 5) is 18.2. The van der Waals surface area contributed by atoms with Gasteiger partial charge < -0.3 is 19.0 Å². The first-order valence-electron chi connectivity index (χ1n) is 11.1. The minimum Gasteiger partial charge on any atom is -0.497 e. The lowest BCUT2D eigenvalue weighted by molar-refractivity contribution is 0.101. The molecule has 0 fully saturated rings. The Morgan fingerprint density at radius 2 is 1.81 bits per heavy atom. The van der Waals surface area contributed by atoms with Crippen LogP contribution in [-0.2, 0) is 19.5 Å². The zero-order valence-corrected chi connectivity index (χ0v) is 18.9. The third-order valence-electron chi connectivity index (χ3n) is 6.60. The number of fused-ring (bicyclic) bond motifs is 4. The first-order valence-corrected chi connectivity index (χ1v) is 11.1. The fourth-order valence-corrected chi connectivity index (χ4v) is 4.92. The minimum atomic E-state index is 0.0953. The van der Waals surface area contributed by atoms with Crippen LogP contribution in [0.25, 0.3) is 21.8 Å². The summed E-state index contributed by atoms with van der Waals surface area (Å²) in [5.41, 5.74) is 5.75. The van der Waals surface area contributed by atoms with Gasteiger partial charge in [-0.1, -0.05) is 0 Å². The maximum Gasteiger partial charge on any atom is 0.161 e. The predicted molar refractivity (Wildman–Crippen MR) is 127 cm³/mol. The molecule has 1 N–H and O–H groups in total. The summed E-state index contributed by atoms with van der Waals surface area (Å²) < 4.78 is 13.0. The summed E-state index contributed by atoms with van der Waals surface area (Å²) in [7, 11) is 3.39. The van der Waals surface area contributed by atoms with Crippen molar-refractivity contribution in [1.29, 1.82) is 0 Å². The lowest BCUT2D eigenvalue weighted by atomic mass is 10.0. The molecule has 6 nitrogen and oxygen atoms in total. The van der Waals surface area contributed by atoms with Gasteiger partial charge in [0, 0.05) is 66.0 Å². The monoisotopic (exact) mass is 431 g/mol. The van der Waals surface area contributed by atoms with Gasteiger partial charge in [-0.15, -0.1) is 0 Å². The molecule has 0 spiro atoms. The van der Waals surface area contributed by atoms with Crippen molar-refractivity contribution in [3.63, 3.8) is 0 Å². The van der Waals surface area contributed by atoms with Crippen molar-refractivity contribution in [2.45, 2.75) is 32.9 Å². The SMILES string of the molecule is COc1ccc2[nH]c3c(c2c1)CCN(CCCn1cc(C(C)=O)c2ccc(OC)cc21)C3. The fourth-order valence-electron chi connectivity index (χ4n) is 4.92. The summed E-state index contributed by atoms with van der Waals surface area (Å²) >= 11 is 0. The molecule has 0 amide bonds. The third-order valence-corrected chi connectivity index (χ3v) is 6.60. The summed E-state index contributed by atoms with van der Waals surface area (Å²) in [6.07, 6.45) is 4.05. The summed E-state index contributed by atoms with van der Waals surface area (Å²) in [6, 6.07) is 12.2. The Balaban J connectivity index is 1.29. The van der Waals surface area contributed by atoms with E-state index in [4.69, 9.17) is 9.47 Å². The van der Waals surface area contributed by atoms with E-state index in [-0.39, 0.29) is 5.78 Å². The molecule has 2 aromatic carbocycles. The van der Waals surface area contributed by atoms with Crippen molar-refractivity contribution in [1.82, 2.24) is 14.5 Å². The number of hydrogen-bond donors (Lipinski definition) is 1. The van der Waals surface area contributed by atoms with E-state index in [1.54, 1.807) is 21.1 Å². The molecule has 0 saturated carbocycles. The number of carbonyl (C=O) groups excluding carboxylic acids is 1. The number of aromatic amines is 1. The molecule has 4 aromatic rings. The molecule has 32 heavy (non-hydrogen) atoms. The van der Waals surface area contributed by atoms with Gasteiger partial charge in [0.05, 0.1) is 19.7 Å². The van der Waals surface area contributed by atoms with Crippen LogP contribution in [0.4, 0.5) is 0 Å². The lowest BCUT2D eigenvalue weighted by Gasteiger charge is -2.27. The number of benzene rings is 2. The molecule has 0 aliphatic carbocycles. The largest absolute Gasteiger partial charge is 0.497 e. The molecular formula is C26H29N3O3. The van der Waals surface area contributed by atoms with Crippen LogP contribution in [-0.4, -0.2) is 47.5 Å². The smallest absolute Gasteiger partial charge is 0.161 e. The molecule has 0 bridgehead atoms. The van der Waals surface area contributed by atoms with Gasteiger partial charge in [0.1, 0.15) is 11.5 Å². The van der Waals surface area contributed by atoms with E-state index in [0.717, 1.165) is 67.0 Å². The highest BCUT2D eigenvalue weighted by atomic mass is 16.5. The third kappa shape index (κ3) is 3.65. The van der Waals surface area contributed by atoms with Crippen LogP contribution in [0.3, 0.4) is 0 Å². The number of Topliss-reactive ketones (excluding diaryl/α,β-unsaturated/α-hetero) is 1. The molecule has 0 saturated heterocycles. The van der Waals surface area contributed by atoms with Crippen LogP contribution in [0, 0.1) is 0 Å². The highest BCUT2D eigenvalue weighted by Gasteiger charge is 2.21. The number of nitrogens with zero attached hydrogens (tertiary/aromatic N) is 2. The highest BCUT2D eigenvalue weighted by molar-refractivity contribution is 6.07. The highest BCUT2D eigenvalue weighted by Crippen LogP contribution is 2.31. The van der Waals surface area contributed by atoms with Gasteiger partial charge in [-0.3, -0.25) is 9.69 Å². The maximum atomic E-state index is 12.1. The minimum absolute atomic E-state index is 0.0953. The van der Waals surface area contributed by atoms with Crippen molar-refractivity contribution >= 4 is 27.6 Å². The molecule has 2 aromatic heterocycles. The second-order valence-electron chi connectivity index (χ2n) is 8.55. The van der Waals surface area contributed by atoms with Gasteiger partial charge >= 0.3 is 0 Å². The summed E-state index contributed by atoms with van der Waals surface area (Å²) in [5.74, 6) is 1.81. The quantitative estimate of drug-likeness (QED) is 0.428. The molecule has 5 rings (SSSR count). The number of rotatable bonds is 7. The number of ketones is 1. The van der Waals surface area contributed by atoms with E-state index in [1.165, 1.54) is 22.2 Å². The van der Waals surface area contributed by atoms with Crippen molar-refractivity contribution < 1.29 is 14.3 Å². The molecule has 1 aliphatic heterocycles. The Morgan fingerprint density at radius 3 is 2.59 bits per heavy atom. The Bertz CT molecular complexity index is 1300. The van der Waals surface area contributed by atoms with Crippen LogP contribution >= 0.6 is 0 Å². The molecule has 0 atom stereocenters. The molecule has 1 aliphatic rings. The number of aromatic nitrogens is 2. The fraction of sp³-hybridized carbons (Fsp3) is 0.346. The first-order chi connectivity index (χ1) is 15.6. The van der Waals surface area contributed by atoms with E-state index >= 15 is 0 Å². The van der Waals surface area contributed by atoms with E-state index in [9.17, 15) is 4.79 Å². The molecule has 6 heteroatoms. The van der Waals surface area contributed by atoms with Gasteiger partial charge in [0.25, 0.3) is 0 Å². The number of methoxy groups -OCH3 is 2. The average Bonchev–Trinajstić information content (AvgIpc) is 3.36. The van der Waals surface area contributed by atoms with Crippen molar-refractivity contribution in [2.75, 3.05) is 27.3 Å². The Kier molecular flexibility index (Phi) is 5.39. The average molecular weight is 432 g/mol. The number of carbonyl (C=O) groups is 1. The second kappa shape index (κ2) is 8.36. The molecule has 3 heterocycles. The van der Waals surface area contributed by atoms with E-state index in [0.29, 0.717) is 0 Å². The standard InChI is InChI=1S/C26H29N3O3/c1-17(30)23-15-29(26-14-19(32-3)5-7-21(23)26)11-4-10-28-12-9-20-22-13-18(31-2)6-8-24(22)27-25(20)16-28/h5-8,13-15,27H,4,9-12,16H2,1-3H3. The Morgan fingerprint density at radius 1 is 1.03 bits per heavy atom. The normalized spacial score (nSPS) is 14.1. The zero-order chi connectivity index (χ0) is 22.2. The summed E-state index contributed by atoms with van der Waals surface area (Å²) in [5, 5.41) is 2.28. The zero-order valence-electron chi connectivity index (χ0n) is 18.9. The van der Waals surface area contributed by atoms with Crippen molar-refractivity contribution in [2.24, 2.45) is 0 Å². The Labute approximate surface area is 187 Å². The number of H-pyrrole nitrogens is 1. The van der Waals surface area contributed by atoms with Gasteiger partial charge in [-0.05, 0) is 55.7 Å². The van der Waals surface area contributed by atoms with Crippen molar-refractivity contribution in [3.8, 4) is 11.5 Å². The van der Waals surface area contributed by atoms with Crippen LogP contribution in [0.1, 0.15) is 35.0 Å². The topological polar surface area (TPSA) is 59.5 Å². The number of aryl methyl sites for hydroxylation is 1. The van der Waals surface area contributed by atoms with E-state index in [2.05, 4.69) is 26.6 Å². The van der Waals surface area contributed by atoms with E-state index < -0.39 is 0 Å². The molecular weight excluding hydrogens is 402 g/mol. The number of nitrogens with one attached hydrogen (secondary N) is 1. The second-order valence-corrected chi connectivity index (χ2v) is 8.55. The Hall–Kier alpha value is -3.25. The van der Waals surface area contributed by atoms with Gasteiger partial charge in [-0.25, -0.2) is 0 Å². The van der Waals surface area contributed by atoms with Gasteiger partial charge in [0.2, 0.25) is 0 Å².